The molecule has 0 radical (unpaired) electrons. The van der Waals surface area contributed by atoms with Crippen LogP contribution in [0.5, 0.6) is 11.5 Å². The van der Waals surface area contributed by atoms with Gasteiger partial charge in [-0.1, -0.05) is 59.6 Å². The number of H-pyrrole nitrogens is 1. The number of aliphatic carboxylic acids is 1. The zero-order valence-electron chi connectivity index (χ0n) is 19.2. The molecule has 35 heavy (non-hydrogen) atoms. The molecule has 0 aliphatic rings. The predicted molar refractivity (Wildman–Crippen MR) is 139 cm³/mol. The van der Waals surface area contributed by atoms with Gasteiger partial charge in [0.1, 0.15) is 12.6 Å². The summed E-state index contributed by atoms with van der Waals surface area (Å²) in [5, 5.41) is 15.0. The number of para-hydroxylation sites is 1. The molecule has 4 rings (SSSR count). The molecule has 6 nitrogen and oxygen atoms in total. The lowest BCUT2D eigenvalue weighted by atomic mass is 10.0. The molecule has 0 spiro atoms. The van der Waals surface area contributed by atoms with Gasteiger partial charge in [0.05, 0.1) is 6.61 Å². The van der Waals surface area contributed by atoms with Crippen molar-refractivity contribution >= 4 is 40.1 Å². The van der Waals surface area contributed by atoms with E-state index in [4.69, 9.17) is 32.7 Å². The first-order chi connectivity index (χ1) is 17.0. The lowest BCUT2D eigenvalue weighted by Crippen LogP contribution is -2.38. The molecule has 1 aromatic heterocycles. The molecule has 0 aliphatic heterocycles. The summed E-state index contributed by atoms with van der Waals surface area (Å²) in [6, 6.07) is 18.0. The Morgan fingerprint density at radius 1 is 0.971 bits per heavy atom. The number of ether oxygens (including phenoxy) is 2. The first-order valence-corrected chi connectivity index (χ1v) is 12.0. The maximum atomic E-state index is 12.0. The minimum absolute atomic E-state index is 0.253. The lowest BCUT2D eigenvalue weighted by Gasteiger charge is -2.18. The average Bonchev–Trinajstić information content (AvgIpc) is 3.26. The number of hydrogen-bond acceptors (Lipinski definition) is 4. The van der Waals surface area contributed by atoms with E-state index in [1.165, 1.54) is 0 Å². The van der Waals surface area contributed by atoms with Crippen molar-refractivity contribution in [3.8, 4) is 11.5 Å². The van der Waals surface area contributed by atoms with E-state index in [1.54, 1.807) is 18.2 Å². The summed E-state index contributed by atoms with van der Waals surface area (Å²) in [4.78, 5) is 15.2. The van der Waals surface area contributed by atoms with Crippen LogP contribution in [0, 0.1) is 0 Å². The van der Waals surface area contributed by atoms with Gasteiger partial charge in [-0.15, -0.1) is 0 Å². The van der Waals surface area contributed by atoms with Gasteiger partial charge < -0.3 is 19.6 Å². The molecule has 3 N–H and O–H groups in total. The number of aromatic nitrogens is 1. The van der Waals surface area contributed by atoms with Gasteiger partial charge in [-0.2, -0.15) is 0 Å². The second-order valence-electron chi connectivity index (χ2n) is 8.04. The van der Waals surface area contributed by atoms with Crippen LogP contribution in [0.3, 0.4) is 0 Å². The van der Waals surface area contributed by atoms with Gasteiger partial charge >= 0.3 is 5.97 Å². The van der Waals surface area contributed by atoms with Crippen LogP contribution in [0.25, 0.3) is 10.9 Å². The Balaban J connectivity index is 1.48. The Hall–Kier alpha value is -3.19. The Labute approximate surface area is 213 Å². The van der Waals surface area contributed by atoms with Crippen molar-refractivity contribution in [3.05, 3.63) is 93.6 Å². The van der Waals surface area contributed by atoms with Crippen molar-refractivity contribution in [2.45, 2.75) is 32.5 Å². The lowest BCUT2D eigenvalue weighted by molar-refractivity contribution is -0.139. The Morgan fingerprint density at radius 3 is 2.49 bits per heavy atom. The van der Waals surface area contributed by atoms with Gasteiger partial charge in [0.25, 0.3) is 0 Å². The minimum atomic E-state index is -0.934. The van der Waals surface area contributed by atoms with Crippen molar-refractivity contribution in [2.75, 3.05) is 6.61 Å². The second-order valence-corrected chi connectivity index (χ2v) is 8.85. The quantitative estimate of drug-likeness (QED) is 0.221. The van der Waals surface area contributed by atoms with Crippen LogP contribution in [0.2, 0.25) is 10.0 Å². The second kappa shape index (κ2) is 11.5. The van der Waals surface area contributed by atoms with Gasteiger partial charge in [0, 0.05) is 51.7 Å². The number of hydrogen-bond donors (Lipinski definition) is 3. The number of carboxylic acid groups (broad SMARTS) is 1. The topological polar surface area (TPSA) is 83.6 Å². The fourth-order valence-electron chi connectivity index (χ4n) is 3.87. The maximum Gasteiger partial charge on any atom is 0.321 e. The first-order valence-electron chi connectivity index (χ1n) is 11.3. The van der Waals surface area contributed by atoms with Crippen molar-refractivity contribution in [1.82, 2.24) is 10.3 Å². The smallest absolute Gasteiger partial charge is 0.321 e. The van der Waals surface area contributed by atoms with Gasteiger partial charge in [-0.05, 0) is 36.2 Å². The fourth-order valence-corrected chi connectivity index (χ4v) is 4.28. The predicted octanol–water partition coefficient (Wildman–Crippen LogP) is 6.24. The zero-order valence-corrected chi connectivity index (χ0v) is 20.7. The SMILES string of the molecule is CCOc1cc(CNC(Cc2c[nH]c3ccccc23)C(=O)O)c(Cl)cc1OCc1ccccc1Cl. The number of rotatable bonds is 11. The highest BCUT2D eigenvalue weighted by atomic mass is 35.5. The normalized spacial score (nSPS) is 12.0. The average molecular weight is 513 g/mol. The fraction of sp³-hybridized carbons (Fsp3) is 0.222. The van der Waals surface area contributed by atoms with Gasteiger partial charge in [0.2, 0.25) is 0 Å². The van der Waals surface area contributed by atoms with Crippen LogP contribution in [-0.2, 0) is 24.4 Å². The number of carboxylic acids is 1. The van der Waals surface area contributed by atoms with Crippen molar-refractivity contribution in [3.63, 3.8) is 0 Å². The molecule has 4 aromatic rings. The first kappa shape index (κ1) is 24.9. The number of aromatic amines is 1. The molecule has 0 fully saturated rings. The van der Waals surface area contributed by atoms with Crippen LogP contribution < -0.4 is 14.8 Å². The molecular weight excluding hydrogens is 487 g/mol. The standard InChI is InChI=1S/C27H26Cl2N2O4/c1-2-34-25-12-19(22(29)13-26(25)35-16-17-7-3-5-9-21(17)28)15-31-24(27(32)33)11-18-14-30-23-10-6-4-8-20(18)23/h3-10,12-14,24,30-31H,2,11,15-16H2,1H3,(H,32,33). The minimum Gasteiger partial charge on any atom is -0.490 e. The highest BCUT2D eigenvalue weighted by Crippen LogP contribution is 2.35. The summed E-state index contributed by atoms with van der Waals surface area (Å²) >= 11 is 12.8. The summed E-state index contributed by atoms with van der Waals surface area (Å²) in [5.41, 5.74) is 3.47. The molecular formula is C27H26Cl2N2O4. The third-order valence-electron chi connectivity index (χ3n) is 5.69. The van der Waals surface area contributed by atoms with Crippen LogP contribution in [0.4, 0.5) is 0 Å². The van der Waals surface area contributed by atoms with Crippen molar-refractivity contribution < 1.29 is 19.4 Å². The molecule has 0 aliphatic carbocycles. The number of halogens is 2. The Kier molecular flexibility index (Phi) is 8.18. The summed E-state index contributed by atoms with van der Waals surface area (Å²) < 4.78 is 11.7. The molecule has 0 saturated carbocycles. The molecule has 1 atom stereocenters. The zero-order chi connectivity index (χ0) is 24.8. The van der Waals surface area contributed by atoms with E-state index in [0.29, 0.717) is 40.1 Å². The largest absolute Gasteiger partial charge is 0.490 e. The summed E-state index contributed by atoms with van der Waals surface area (Å²) in [7, 11) is 0. The summed E-state index contributed by atoms with van der Waals surface area (Å²) in [5.74, 6) is 0.0921. The maximum absolute atomic E-state index is 12.0. The van der Waals surface area contributed by atoms with E-state index >= 15 is 0 Å². The van der Waals surface area contributed by atoms with E-state index < -0.39 is 12.0 Å². The molecule has 0 saturated heterocycles. The van der Waals surface area contributed by atoms with E-state index in [-0.39, 0.29) is 13.2 Å². The molecule has 182 valence electrons. The van der Waals surface area contributed by atoms with E-state index in [2.05, 4.69) is 10.3 Å². The van der Waals surface area contributed by atoms with Crippen molar-refractivity contribution in [1.29, 1.82) is 0 Å². The Bertz CT molecular complexity index is 1320. The Morgan fingerprint density at radius 2 is 1.71 bits per heavy atom. The van der Waals surface area contributed by atoms with Crippen LogP contribution in [-0.4, -0.2) is 28.7 Å². The molecule has 0 amide bonds. The third-order valence-corrected chi connectivity index (χ3v) is 6.41. The van der Waals surface area contributed by atoms with Crippen LogP contribution in [0.1, 0.15) is 23.6 Å². The third kappa shape index (κ3) is 6.09. The number of benzene rings is 3. The van der Waals surface area contributed by atoms with E-state index in [9.17, 15) is 9.90 Å². The molecule has 3 aromatic carbocycles. The summed E-state index contributed by atoms with van der Waals surface area (Å²) in [6.45, 7) is 2.84. The highest BCUT2D eigenvalue weighted by molar-refractivity contribution is 6.31. The van der Waals surface area contributed by atoms with Crippen molar-refractivity contribution in [2.24, 2.45) is 0 Å². The van der Waals surface area contributed by atoms with E-state index in [1.807, 2.05) is 55.6 Å². The van der Waals surface area contributed by atoms with Gasteiger partial charge in [-0.3, -0.25) is 10.1 Å². The van der Waals surface area contributed by atoms with Gasteiger partial charge in [0.15, 0.2) is 11.5 Å². The van der Waals surface area contributed by atoms with Crippen LogP contribution in [0.15, 0.2) is 66.9 Å². The monoisotopic (exact) mass is 512 g/mol. The number of carbonyl (C=O) groups is 1. The van der Waals surface area contributed by atoms with Crippen LogP contribution >= 0.6 is 23.2 Å². The molecule has 1 unspecified atom stereocenters. The molecule has 8 heteroatoms. The molecule has 0 bridgehead atoms. The number of nitrogens with one attached hydrogen (secondary N) is 2. The summed E-state index contributed by atoms with van der Waals surface area (Å²) in [6.07, 6.45) is 2.18. The molecule has 1 heterocycles. The number of fused-ring (bicyclic) bond motifs is 1. The van der Waals surface area contributed by atoms with Gasteiger partial charge in [-0.25, -0.2) is 0 Å². The van der Waals surface area contributed by atoms with E-state index in [0.717, 1.165) is 22.0 Å². The highest BCUT2D eigenvalue weighted by Gasteiger charge is 2.20.